The fraction of sp³-hybridized carbons (Fsp3) is 0.400. The molecule has 0 bridgehead atoms. The van der Waals surface area contributed by atoms with Crippen molar-refractivity contribution in [3.8, 4) is 0 Å². The Morgan fingerprint density at radius 2 is 1.84 bits per heavy atom. The van der Waals surface area contributed by atoms with E-state index in [1.54, 1.807) is 6.92 Å². The smallest absolute Gasteiger partial charge is 0.407 e. The molecule has 0 radical (unpaired) electrons. The number of ether oxygens (including phenoxy) is 1. The van der Waals surface area contributed by atoms with E-state index in [2.05, 4.69) is 22.8 Å². The molecule has 0 fully saturated rings. The molecule has 1 unspecified atom stereocenters. The van der Waals surface area contributed by atoms with Crippen LogP contribution in [0, 0.1) is 5.92 Å². The lowest BCUT2D eigenvalue weighted by molar-refractivity contribution is -0.119. The summed E-state index contributed by atoms with van der Waals surface area (Å²) in [5.74, 6) is -0.289. The zero-order valence-electron chi connectivity index (χ0n) is 14.9. The zero-order chi connectivity index (χ0) is 18.0. The summed E-state index contributed by atoms with van der Waals surface area (Å²) in [5.41, 5.74) is 3.44. The molecule has 0 heterocycles. The first-order valence-corrected chi connectivity index (χ1v) is 8.79. The van der Waals surface area contributed by atoms with E-state index in [0.29, 0.717) is 0 Å². The number of amides is 2. The first-order valence-electron chi connectivity index (χ1n) is 8.79. The highest BCUT2D eigenvalue weighted by Crippen LogP contribution is 2.35. The molecule has 0 aliphatic heterocycles. The van der Waals surface area contributed by atoms with Crippen LogP contribution >= 0.6 is 0 Å². The number of hydrogen-bond acceptors (Lipinski definition) is 3. The SMILES string of the molecule is CCOC(=O)NC(C(=O)Nc1ccc2c3c(cccc13)CC2)C(C)C. The summed E-state index contributed by atoms with van der Waals surface area (Å²) in [5, 5.41) is 7.94. The van der Waals surface area contributed by atoms with Crippen LogP contribution < -0.4 is 10.6 Å². The Kier molecular flexibility index (Phi) is 4.93. The predicted molar refractivity (Wildman–Crippen MR) is 98.8 cm³/mol. The van der Waals surface area contributed by atoms with Gasteiger partial charge in [0.25, 0.3) is 0 Å². The molecule has 0 saturated heterocycles. The Morgan fingerprint density at radius 1 is 1.12 bits per heavy atom. The van der Waals surface area contributed by atoms with Gasteiger partial charge in [0.05, 0.1) is 6.61 Å². The number of benzene rings is 2. The van der Waals surface area contributed by atoms with Gasteiger partial charge in [-0.2, -0.15) is 0 Å². The minimum atomic E-state index is -0.651. The third-order valence-electron chi connectivity index (χ3n) is 4.63. The molecule has 132 valence electrons. The van der Waals surface area contributed by atoms with Crippen molar-refractivity contribution in [2.24, 2.45) is 5.92 Å². The number of aryl methyl sites for hydroxylation is 2. The maximum atomic E-state index is 12.7. The molecule has 25 heavy (non-hydrogen) atoms. The highest BCUT2D eigenvalue weighted by atomic mass is 16.5. The van der Waals surface area contributed by atoms with Crippen molar-refractivity contribution in [3.05, 3.63) is 41.5 Å². The van der Waals surface area contributed by atoms with E-state index in [-0.39, 0.29) is 18.4 Å². The van der Waals surface area contributed by atoms with E-state index < -0.39 is 12.1 Å². The minimum absolute atomic E-state index is 0.0545. The Morgan fingerprint density at radius 3 is 2.52 bits per heavy atom. The van der Waals surface area contributed by atoms with Gasteiger partial charge in [-0.05, 0) is 48.3 Å². The molecular weight excluding hydrogens is 316 g/mol. The zero-order valence-corrected chi connectivity index (χ0v) is 14.9. The Balaban J connectivity index is 1.85. The summed E-state index contributed by atoms with van der Waals surface area (Å²) in [6.07, 6.45) is 1.52. The molecule has 2 amide bonds. The van der Waals surface area contributed by atoms with Gasteiger partial charge in [0.2, 0.25) is 5.91 Å². The second kappa shape index (κ2) is 7.13. The fourth-order valence-electron chi connectivity index (χ4n) is 3.40. The van der Waals surface area contributed by atoms with Crippen LogP contribution in [0.15, 0.2) is 30.3 Å². The molecule has 1 aliphatic rings. The molecule has 0 saturated carbocycles. The van der Waals surface area contributed by atoms with Gasteiger partial charge in [0.15, 0.2) is 0 Å². The topological polar surface area (TPSA) is 67.4 Å². The van der Waals surface area contributed by atoms with Gasteiger partial charge in [-0.3, -0.25) is 4.79 Å². The van der Waals surface area contributed by atoms with Crippen LogP contribution in [-0.4, -0.2) is 24.6 Å². The lowest BCUT2D eigenvalue weighted by Crippen LogP contribution is -2.47. The van der Waals surface area contributed by atoms with Gasteiger partial charge < -0.3 is 15.4 Å². The van der Waals surface area contributed by atoms with Crippen LogP contribution in [0.2, 0.25) is 0 Å². The van der Waals surface area contributed by atoms with Crippen molar-refractivity contribution in [1.29, 1.82) is 0 Å². The quantitative estimate of drug-likeness (QED) is 0.873. The maximum Gasteiger partial charge on any atom is 0.407 e. The van der Waals surface area contributed by atoms with Crippen molar-refractivity contribution in [2.75, 3.05) is 11.9 Å². The monoisotopic (exact) mass is 340 g/mol. The average Bonchev–Trinajstić information content (AvgIpc) is 3.00. The van der Waals surface area contributed by atoms with Gasteiger partial charge in [-0.1, -0.05) is 38.1 Å². The number of alkyl carbamates (subject to hydrolysis) is 1. The summed E-state index contributed by atoms with van der Waals surface area (Å²) in [6.45, 7) is 5.79. The van der Waals surface area contributed by atoms with E-state index in [1.807, 2.05) is 32.0 Å². The van der Waals surface area contributed by atoms with Crippen LogP contribution in [0.4, 0.5) is 10.5 Å². The molecule has 2 aromatic carbocycles. The molecule has 2 aromatic rings. The second-order valence-electron chi connectivity index (χ2n) is 6.69. The van der Waals surface area contributed by atoms with Crippen molar-refractivity contribution in [1.82, 2.24) is 5.32 Å². The molecule has 0 aromatic heterocycles. The van der Waals surface area contributed by atoms with E-state index in [0.717, 1.165) is 23.9 Å². The van der Waals surface area contributed by atoms with Gasteiger partial charge in [0.1, 0.15) is 6.04 Å². The summed E-state index contributed by atoms with van der Waals surface area (Å²) in [4.78, 5) is 24.5. The number of hydrogen-bond donors (Lipinski definition) is 2. The third-order valence-corrected chi connectivity index (χ3v) is 4.63. The number of carbonyl (C=O) groups is 2. The van der Waals surface area contributed by atoms with E-state index in [4.69, 9.17) is 4.74 Å². The van der Waals surface area contributed by atoms with Crippen LogP contribution in [0.3, 0.4) is 0 Å². The largest absolute Gasteiger partial charge is 0.450 e. The fourth-order valence-corrected chi connectivity index (χ4v) is 3.40. The highest BCUT2D eigenvalue weighted by Gasteiger charge is 2.26. The second-order valence-corrected chi connectivity index (χ2v) is 6.69. The van der Waals surface area contributed by atoms with Crippen LogP contribution in [0.1, 0.15) is 31.9 Å². The van der Waals surface area contributed by atoms with Crippen molar-refractivity contribution >= 4 is 28.5 Å². The standard InChI is InChI=1S/C20H24N2O3/c1-4-25-20(24)22-18(12(2)3)19(23)21-16-11-10-14-9-8-13-6-5-7-15(16)17(13)14/h5-7,10-12,18H,4,8-9H2,1-3H3,(H,21,23)(H,22,24). The van der Waals surface area contributed by atoms with Gasteiger partial charge in [0, 0.05) is 11.1 Å². The minimum Gasteiger partial charge on any atom is -0.450 e. The van der Waals surface area contributed by atoms with Gasteiger partial charge >= 0.3 is 6.09 Å². The average molecular weight is 340 g/mol. The molecular formula is C20H24N2O3. The number of anilines is 1. The van der Waals surface area contributed by atoms with Crippen molar-refractivity contribution in [2.45, 2.75) is 39.7 Å². The predicted octanol–water partition coefficient (Wildman–Crippen LogP) is 3.65. The molecule has 3 rings (SSSR count). The Hall–Kier alpha value is -2.56. The molecule has 1 aliphatic carbocycles. The first-order chi connectivity index (χ1) is 12.0. The molecule has 1 atom stereocenters. The van der Waals surface area contributed by atoms with Crippen LogP contribution in [-0.2, 0) is 22.4 Å². The summed E-state index contributed by atoms with van der Waals surface area (Å²) in [6, 6.07) is 9.58. The Labute approximate surface area is 147 Å². The summed E-state index contributed by atoms with van der Waals surface area (Å²) < 4.78 is 4.90. The highest BCUT2D eigenvalue weighted by molar-refractivity contribution is 6.06. The molecule has 5 nitrogen and oxygen atoms in total. The van der Waals surface area contributed by atoms with Crippen LogP contribution in [0.25, 0.3) is 10.8 Å². The normalized spacial score (nSPS) is 13.8. The van der Waals surface area contributed by atoms with E-state index in [1.165, 1.54) is 16.5 Å². The van der Waals surface area contributed by atoms with E-state index >= 15 is 0 Å². The Bertz CT molecular complexity index is 804. The first kappa shape index (κ1) is 17.3. The lowest BCUT2D eigenvalue weighted by Gasteiger charge is -2.22. The molecule has 2 N–H and O–H groups in total. The van der Waals surface area contributed by atoms with Gasteiger partial charge in [-0.15, -0.1) is 0 Å². The van der Waals surface area contributed by atoms with Crippen molar-refractivity contribution in [3.63, 3.8) is 0 Å². The molecule has 0 spiro atoms. The van der Waals surface area contributed by atoms with Gasteiger partial charge in [-0.25, -0.2) is 4.79 Å². The summed E-state index contributed by atoms with van der Waals surface area (Å²) >= 11 is 0. The van der Waals surface area contributed by atoms with E-state index in [9.17, 15) is 9.59 Å². The number of rotatable bonds is 5. The summed E-state index contributed by atoms with van der Waals surface area (Å²) in [7, 11) is 0. The lowest BCUT2D eigenvalue weighted by atomic mass is 10.0. The van der Waals surface area contributed by atoms with Crippen molar-refractivity contribution < 1.29 is 14.3 Å². The number of nitrogens with one attached hydrogen (secondary N) is 2. The maximum absolute atomic E-state index is 12.7. The van der Waals surface area contributed by atoms with Crippen LogP contribution in [0.5, 0.6) is 0 Å². The third kappa shape index (κ3) is 3.45. The molecule has 5 heteroatoms. The number of carbonyl (C=O) groups excluding carboxylic acids is 2.